The van der Waals surface area contributed by atoms with Gasteiger partial charge in [0.2, 0.25) is 0 Å². The van der Waals surface area contributed by atoms with Gasteiger partial charge in [0, 0.05) is 25.7 Å². The standard InChI is InChI=1S/C75H146O17P2/c1-7-9-11-13-15-16-17-18-19-24-30-35-41-47-53-59-74(79)91-70(63-85-72(77)57-51-45-37-14-12-10-8-2)65-89-93(81,82)87-61-69(76)62-88-94(83,84)90-66-71(92-75(80)60-54-48-42-36-31-26-21-23-28-33-39-44-50-56-68(5)6)64-86-73(78)58-52-46-40-34-29-25-20-22-27-32-38-43-49-55-67(3)4/h67-71,76H,7-66H2,1-6H3,(H,81,82)(H,83,84)/t69-,70+,71+/m0/s1. The number of carbonyl (C=O) groups is 4. The number of unbranched alkanes of at least 4 members (excludes halogenated alkanes) is 44. The first-order chi connectivity index (χ1) is 45.4. The molecule has 0 aliphatic carbocycles. The lowest BCUT2D eigenvalue weighted by Gasteiger charge is -2.21. The summed E-state index contributed by atoms with van der Waals surface area (Å²) < 4.78 is 68.4. The van der Waals surface area contributed by atoms with Gasteiger partial charge in [-0.15, -0.1) is 0 Å². The van der Waals surface area contributed by atoms with Gasteiger partial charge < -0.3 is 33.8 Å². The Morgan fingerprint density at radius 1 is 0.287 bits per heavy atom. The Bertz CT molecular complexity index is 1820. The van der Waals surface area contributed by atoms with E-state index in [2.05, 4.69) is 41.5 Å². The van der Waals surface area contributed by atoms with Gasteiger partial charge in [0.1, 0.15) is 19.3 Å². The average molecular weight is 1380 g/mol. The third-order valence-corrected chi connectivity index (χ3v) is 19.4. The average Bonchev–Trinajstić information content (AvgIpc) is 1.10. The number of aliphatic hydroxyl groups is 1. The van der Waals surface area contributed by atoms with Crippen molar-refractivity contribution in [2.45, 2.75) is 407 Å². The van der Waals surface area contributed by atoms with Gasteiger partial charge in [-0.3, -0.25) is 37.3 Å². The van der Waals surface area contributed by atoms with Crippen LogP contribution in [0.1, 0.15) is 388 Å². The van der Waals surface area contributed by atoms with Crippen molar-refractivity contribution in [1.29, 1.82) is 0 Å². The Balaban J connectivity index is 5.20. The minimum atomic E-state index is -4.96. The molecule has 558 valence electrons. The first-order valence-corrected chi connectivity index (χ1v) is 42.0. The highest BCUT2D eigenvalue weighted by atomic mass is 31.2. The molecule has 94 heavy (non-hydrogen) atoms. The minimum absolute atomic E-state index is 0.107. The maximum Gasteiger partial charge on any atom is 0.472 e. The van der Waals surface area contributed by atoms with Crippen molar-refractivity contribution in [1.82, 2.24) is 0 Å². The minimum Gasteiger partial charge on any atom is -0.462 e. The van der Waals surface area contributed by atoms with Gasteiger partial charge in [-0.1, -0.05) is 337 Å². The lowest BCUT2D eigenvalue weighted by atomic mass is 10.0. The van der Waals surface area contributed by atoms with Crippen molar-refractivity contribution >= 4 is 39.5 Å². The van der Waals surface area contributed by atoms with E-state index in [1.807, 2.05) is 0 Å². The van der Waals surface area contributed by atoms with Crippen LogP contribution in [-0.4, -0.2) is 96.7 Å². The molecule has 0 heterocycles. The van der Waals surface area contributed by atoms with E-state index < -0.39 is 97.5 Å². The second-order valence-electron chi connectivity index (χ2n) is 28.0. The molecule has 0 fully saturated rings. The summed E-state index contributed by atoms with van der Waals surface area (Å²) in [6.45, 7) is 9.59. The quantitative estimate of drug-likeness (QED) is 0.0222. The number of carbonyl (C=O) groups excluding carboxylic acids is 4. The molecule has 0 amide bonds. The molecule has 3 N–H and O–H groups in total. The molecule has 0 saturated carbocycles. The van der Waals surface area contributed by atoms with Crippen LogP contribution < -0.4 is 0 Å². The van der Waals surface area contributed by atoms with Gasteiger partial charge in [0.05, 0.1) is 26.4 Å². The first kappa shape index (κ1) is 92.1. The number of esters is 4. The number of phosphoric ester groups is 2. The smallest absolute Gasteiger partial charge is 0.462 e. The topological polar surface area (TPSA) is 237 Å². The van der Waals surface area contributed by atoms with Crippen LogP contribution in [0, 0.1) is 11.8 Å². The van der Waals surface area contributed by atoms with Gasteiger partial charge in [0.25, 0.3) is 0 Å². The van der Waals surface area contributed by atoms with Crippen LogP contribution in [0.15, 0.2) is 0 Å². The third-order valence-electron chi connectivity index (χ3n) is 17.5. The summed E-state index contributed by atoms with van der Waals surface area (Å²) in [7, 11) is -9.90. The zero-order valence-electron chi connectivity index (χ0n) is 61.3. The van der Waals surface area contributed by atoms with E-state index in [9.17, 15) is 43.2 Å². The molecule has 0 aromatic heterocycles. The predicted molar refractivity (Wildman–Crippen MR) is 381 cm³/mol. The molecule has 0 aliphatic heterocycles. The molecule has 0 radical (unpaired) electrons. The lowest BCUT2D eigenvalue weighted by molar-refractivity contribution is -0.161. The molecular weight excluding hydrogens is 1230 g/mol. The van der Waals surface area contributed by atoms with E-state index in [4.69, 9.17) is 37.0 Å². The second-order valence-corrected chi connectivity index (χ2v) is 30.9. The molecule has 19 heteroatoms. The highest BCUT2D eigenvalue weighted by Crippen LogP contribution is 2.45. The molecule has 5 atom stereocenters. The number of ether oxygens (including phenoxy) is 4. The van der Waals surface area contributed by atoms with Crippen LogP contribution in [0.25, 0.3) is 0 Å². The van der Waals surface area contributed by atoms with Gasteiger partial charge in [-0.05, 0) is 37.5 Å². The van der Waals surface area contributed by atoms with Crippen molar-refractivity contribution in [2.24, 2.45) is 11.8 Å². The van der Waals surface area contributed by atoms with Crippen LogP contribution >= 0.6 is 15.6 Å². The Kier molecular flexibility index (Phi) is 65.5. The van der Waals surface area contributed by atoms with E-state index in [1.54, 1.807) is 0 Å². The molecule has 17 nitrogen and oxygen atoms in total. The van der Waals surface area contributed by atoms with E-state index >= 15 is 0 Å². The fourth-order valence-electron chi connectivity index (χ4n) is 11.5. The number of hydrogen-bond acceptors (Lipinski definition) is 15. The SMILES string of the molecule is CCCCCCCCCCCCCCCCCC(=O)O[C@H](COC(=O)CCCCCCCCC)COP(=O)(O)OC[C@H](O)COP(=O)(O)OC[C@@H](COC(=O)CCCCCCCCCCCCCCCC(C)C)OC(=O)CCCCCCCCCCCCCCCC(C)C. The molecule has 0 saturated heterocycles. The number of hydrogen-bond donors (Lipinski definition) is 3. The van der Waals surface area contributed by atoms with Crippen molar-refractivity contribution < 1.29 is 80.2 Å². The molecule has 0 bridgehead atoms. The fourth-order valence-corrected chi connectivity index (χ4v) is 13.1. The second kappa shape index (κ2) is 66.9. The summed E-state index contributed by atoms with van der Waals surface area (Å²) in [4.78, 5) is 72.7. The highest BCUT2D eigenvalue weighted by Gasteiger charge is 2.30. The third kappa shape index (κ3) is 68.6. The summed E-state index contributed by atoms with van der Waals surface area (Å²) >= 11 is 0. The van der Waals surface area contributed by atoms with Crippen molar-refractivity contribution in [3.05, 3.63) is 0 Å². The molecule has 0 rings (SSSR count). The first-order valence-electron chi connectivity index (χ1n) is 39.0. The Morgan fingerprint density at radius 2 is 0.489 bits per heavy atom. The van der Waals surface area contributed by atoms with Crippen LogP contribution in [0.4, 0.5) is 0 Å². The largest absolute Gasteiger partial charge is 0.472 e. The zero-order chi connectivity index (χ0) is 69.3. The number of rotatable bonds is 74. The molecule has 0 aromatic rings. The van der Waals surface area contributed by atoms with Crippen molar-refractivity contribution in [3.8, 4) is 0 Å². The zero-order valence-corrected chi connectivity index (χ0v) is 63.1. The molecule has 0 aromatic carbocycles. The van der Waals surface area contributed by atoms with Gasteiger partial charge >= 0.3 is 39.5 Å². The van der Waals surface area contributed by atoms with E-state index in [0.29, 0.717) is 25.7 Å². The van der Waals surface area contributed by atoms with Gasteiger partial charge in [-0.2, -0.15) is 0 Å². The normalized spacial score (nSPS) is 14.0. The number of aliphatic hydroxyl groups excluding tert-OH is 1. The predicted octanol–water partition coefficient (Wildman–Crippen LogP) is 21.9. The summed E-state index contributed by atoms with van der Waals surface area (Å²) in [5.41, 5.74) is 0. The Labute approximate surface area is 575 Å². The Hall–Kier alpha value is -1.94. The van der Waals surface area contributed by atoms with Crippen LogP contribution in [-0.2, 0) is 65.4 Å². The Morgan fingerprint density at radius 3 is 0.723 bits per heavy atom. The van der Waals surface area contributed by atoms with Gasteiger partial charge in [0.15, 0.2) is 12.2 Å². The van der Waals surface area contributed by atoms with Gasteiger partial charge in [-0.25, -0.2) is 9.13 Å². The highest BCUT2D eigenvalue weighted by molar-refractivity contribution is 7.47. The summed E-state index contributed by atoms with van der Waals surface area (Å²) in [5.74, 6) is -0.542. The summed E-state index contributed by atoms with van der Waals surface area (Å²) in [5, 5.41) is 10.6. The number of phosphoric acid groups is 2. The molecule has 2 unspecified atom stereocenters. The van der Waals surface area contributed by atoms with E-state index in [0.717, 1.165) is 115 Å². The lowest BCUT2D eigenvalue weighted by Crippen LogP contribution is -2.30. The molecular formula is C75H146O17P2. The van der Waals surface area contributed by atoms with Crippen LogP contribution in [0.3, 0.4) is 0 Å². The summed E-state index contributed by atoms with van der Waals surface area (Å²) in [6, 6.07) is 0. The fraction of sp³-hybridized carbons (Fsp3) is 0.947. The van der Waals surface area contributed by atoms with Crippen LogP contribution in [0.2, 0.25) is 0 Å². The van der Waals surface area contributed by atoms with E-state index in [1.165, 1.54) is 193 Å². The maximum absolute atomic E-state index is 13.1. The molecule has 0 aliphatic rings. The van der Waals surface area contributed by atoms with Crippen molar-refractivity contribution in [3.63, 3.8) is 0 Å². The summed E-state index contributed by atoms with van der Waals surface area (Å²) in [6.07, 6.45) is 54.1. The molecule has 0 spiro atoms. The monoisotopic (exact) mass is 1380 g/mol. The van der Waals surface area contributed by atoms with E-state index in [-0.39, 0.29) is 25.7 Å². The maximum atomic E-state index is 13.1. The van der Waals surface area contributed by atoms with Crippen molar-refractivity contribution in [2.75, 3.05) is 39.6 Å². The van der Waals surface area contributed by atoms with Crippen LogP contribution in [0.5, 0.6) is 0 Å².